The Hall–Kier alpha value is -1.26. The SMILES string of the molecule is COc1ccccc1N1CCN([C@H]2CC[C@H](CN)CC2)CC1. The molecule has 0 bridgehead atoms. The van der Waals surface area contributed by atoms with Crippen molar-refractivity contribution < 1.29 is 4.74 Å². The summed E-state index contributed by atoms with van der Waals surface area (Å²) in [5, 5.41) is 0. The van der Waals surface area contributed by atoms with E-state index in [1.807, 2.05) is 6.07 Å². The highest BCUT2D eigenvalue weighted by molar-refractivity contribution is 5.58. The predicted molar refractivity (Wildman–Crippen MR) is 91.6 cm³/mol. The zero-order valence-corrected chi connectivity index (χ0v) is 13.7. The van der Waals surface area contributed by atoms with Gasteiger partial charge in [-0.25, -0.2) is 0 Å². The normalized spacial score (nSPS) is 26.9. The summed E-state index contributed by atoms with van der Waals surface area (Å²) in [4.78, 5) is 5.15. The molecule has 1 saturated heterocycles. The molecule has 1 aromatic rings. The number of nitrogens with zero attached hydrogens (tertiary/aromatic N) is 2. The molecule has 2 N–H and O–H groups in total. The first-order chi connectivity index (χ1) is 10.8. The minimum absolute atomic E-state index is 0.770. The molecule has 2 aliphatic rings. The van der Waals surface area contributed by atoms with E-state index < -0.39 is 0 Å². The first-order valence-electron chi connectivity index (χ1n) is 8.64. The first kappa shape index (κ1) is 15.6. The van der Waals surface area contributed by atoms with Crippen molar-refractivity contribution in [3.05, 3.63) is 24.3 Å². The summed E-state index contributed by atoms with van der Waals surface area (Å²) in [5.74, 6) is 1.76. The van der Waals surface area contributed by atoms with Gasteiger partial charge in [-0.3, -0.25) is 4.90 Å². The van der Waals surface area contributed by atoms with Crippen LogP contribution < -0.4 is 15.4 Å². The number of ether oxygens (including phenoxy) is 1. The Morgan fingerprint density at radius 2 is 1.73 bits per heavy atom. The van der Waals surface area contributed by atoms with Gasteiger partial charge in [0.15, 0.2) is 0 Å². The number of hydrogen-bond donors (Lipinski definition) is 1. The fraction of sp³-hybridized carbons (Fsp3) is 0.667. The van der Waals surface area contributed by atoms with Gasteiger partial charge in [0.05, 0.1) is 12.8 Å². The zero-order valence-electron chi connectivity index (χ0n) is 13.7. The molecular weight excluding hydrogens is 274 g/mol. The van der Waals surface area contributed by atoms with E-state index in [-0.39, 0.29) is 0 Å². The summed E-state index contributed by atoms with van der Waals surface area (Å²) < 4.78 is 5.50. The van der Waals surface area contributed by atoms with Gasteiger partial charge in [-0.05, 0) is 50.3 Å². The third-order valence-corrected chi connectivity index (χ3v) is 5.41. The molecule has 2 fully saturated rings. The van der Waals surface area contributed by atoms with Crippen molar-refractivity contribution in [3.63, 3.8) is 0 Å². The molecule has 3 rings (SSSR count). The van der Waals surface area contributed by atoms with Gasteiger partial charge in [-0.15, -0.1) is 0 Å². The molecule has 1 heterocycles. The van der Waals surface area contributed by atoms with Gasteiger partial charge in [0.25, 0.3) is 0 Å². The van der Waals surface area contributed by atoms with Crippen LogP contribution in [0.5, 0.6) is 5.75 Å². The van der Waals surface area contributed by atoms with Crippen molar-refractivity contribution in [3.8, 4) is 5.75 Å². The molecular formula is C18H29N3O. The lowest BCUT2D eigenvalue weighted by molar-refractivity contribution is 0.130. The van der Waals surface area contributed by atoms with Crippen LogP contribution in [0, 0.1) is 5.92 Å². The molecule has 1 aliphatic heterocycles. The molecule has 0 atom stereocenters. The maximum absolute atomic E-state index is 5.80. The van der Waals surface area contributed by atoms with Crippen molar-refractivity contribution >= 4 is 5.69 Å². The third-order valence-electron chi connectivity index (χ3n) is 5.41. The second-order valence-corrected chi connectivity index (χ2v) is 6.61. The van der Waals surface area contributed by atoms with E-state index in [0.29, 0.717) is 0 Å². The molecule has 122 valence electrons. The zero-order chi connectivity index (χ0) is 15.4. The van der Waals surface area contributed by atoms with Gasteiger partial charge in [0, 0.05) is 32.2 Å². The second-order valence-electron chi connectivity index (χ2n) is 6.61. The molecule has 1 saturated carbocycles. The number of benzene rings is 1. The topological polar surface area (TPSA) is 41.7 Å². The van der Waals surface area contributed by atoms with Gasteiger partial charge in [-0.2, -0.15) is 0 Å². The maximum Gasteiger partial charge on any atom is 0.142 e. The lowest BCUT2D eigenvalue weighted by atomic mass is 9.85. The number of methoxy groups -OCH3 is 1. The summed E-state index contributed by atoms with van der Waals surface area (Å²) in [6, 6.07) is 9.13. The minimum Gasteiger partial charge on any atom is -0.495 e. The number of anilines is 1. The van der Waals surface area contributed by atoms with Gasteiger partial charge < -0.3 is 15.4 Å². The number of para-hydroxylation sites is 2. The monoisotopic (exact) mass is 303 g/mol. The van der Waals surface area contributed by atoms with Gasteiger partial charge in [0.2, 0.25) is 0 Å². The van der Waals surface area contributed by atoms with E-state index in [0.717, 1.165) is 50.4 Å². The van der Waals surface area contributed by atoms with E-state index in [1.54, 1.807) is 7.11 Å². The van der Waals surface area contributed by atoms with E-state index in [4.69, 9.17) is 10.5 Å². The maximum atomic E-state index is 5.80. The fourth-order valence-electron chi connectivity index (χ4n) is 3.96. The summed E-state index contributed by atoms with van der Waals surface area (Å²) in [5.41, 5.74) is 7.04. The Morgan fingerprint density at radius 3 is 2.36 bits per heavy atom. The third kappa shape index (κ3) is 3.39. The van der Waals surface area contributed by atoms with Crippen molar-refractivity contribution in [1.29, 1.82) is 0 Å². The lowest BCUT2D eigenvalue weighted by Gasteiger charge is -2.42. The molecule has 22 heavy (non-hydrogen) atoms. The molecule has 1 aromatic carbocycles. The van der Waals surface area contributed by atoms with Crippen molar-refractivity contribution in [2.75, 3.05) is 44.7 Å². The van der Waals surface area contributed by atoms with Crippen molar-refractivity contribution in [1.82, 2.24) is 4.90 Å². The van der Waals surface area contributed by atoms with Crippen LogP contribution in [0.3, 0.4) is 0 Å². The first-order valence-corrected chi connectivity index (χ1v) is 8.64. The standard InChI is InChI=1S/C18H29N3O/c1-22-18-5-3-2-4-17(18)21-12-10-20(11-13-21)16-8-6-15(14-19)7-9-16/h2-5,15-16H,6-14,19H2,1H3/t15-,16-. The second kappa shape index (κ2) is 7.34. The molecule has 0 amide bonds. The van der Waals surface area contributed by atoms with Gasteiger partial charge >= 0.3 is 0 Å². The van der Waals surface area contributed by atoms with Crippen LogP contribution in [-0.2, 0) is 0 Å². The van der Waals surface area contributed by atoms with Crippen LogP contribution in [0.1, 0.15) is 25.7 Å². The summed E-state index contributed by atoms with van der Waals surface area (Å²) in [6.07, 6.45) is 5.29. The average Bonchev–Trinajstić information content (AvgIpc) is 2.62. The lowest BCUT2D eigenvalue weighted by Crippen LogP contribution is -2.51. The van der Waals surface area contributed by atoms with Crippen LogP contribution >= 0.6 is 0 Å². The summed E-state index contributed by atoms with van der Waals surface area (Å²) >= 11 is 0. The number of rotatable bonds is 4. The smallest absolute Gasteiger partial charge is 0.142 e. The number of nitrogens with two attached hydrogens (primary N) is 1. The molecule has 1 aliphatic carbocycles. The van der Waals surface area contributed by atoms with Crippen molar-refractivity contribution in [2.24, 2.45) is 11.7 Å². The molecule has 0 spiro atoms. The van der Waals surface area contributed by atoms with Gasteiger partial charge in [-0.1, -0.05) is 12.1 Å². The Kier molecular flexibility index (Phi) is 5.21. The highest BCUT2D eigenvalue weighted by Gasteiger charge is 2.28. The molecule has 4 heteroatoms. The number of piperazine rings is 1. The van der Waals surface area contributed by atoms with Crippen LogP contribution in [0.4, 0.5) is 5.69 Å². The highest BCUT2D eigenvalue weighted by Crippen LogP contribution is 2.31. The molecule has 0 radical (unpaired) electrons. The van der Waals surface area contributed by atoms with Crippen LogP contribution in [0.2, 0.25) is 0 Å². The quantitative estimate of drug-likeness (QED) is 0.927. The summed E-state index contributed by atoms with van der Waals surface area (Å²) in [7, 11) is 1.75. The fourth-order valence-corrected chi connectivity index (χ4v) is 3.96. The molecule has 0 unspecified atom stereocenters. The van der Waals surface area contributed by atoms with Crippen LogP contribution in [-0.4, -0.2) is 50.8 Å². The molecule has 4 nitrogen and oxygen atoms in total. The Balaban J connectivity index is 1.54. The number of hydrogen-bond acceptors (Lipinski definition) is 4. The van der Waals surface area contributed by atoms with Gasteiger partial charge in [0.1, 0.15) is 5.75 Å². The summed E-state index contributed by atoms with van der Waals surface area (Å²) in [6.45, 7) is 5.38. The van der Waals surface area contributed by atoms with E-state index >= 15 is 0 Å². The van der Waals surface area contributed by atoms with E-state index in [9.17, 15) is 0 Å². The van der Waals surface area contributed by atoms with Crippen LogP contribution in [0.15, 0.2) is 24.3 Å². The largest absolute Gasteiger partial charge is 0.495 e. The van der Waals surface area contributed by atoms with Crippen LogP contribution in [0.25, 0.3) is 0 Å². The Morgan fingerprint density at radius 1 is 1.05 bits per heavy atom. The molecule has 0 aromatic heterocycles. The minimum atomic E-state index is 0.770. The Bertz CT molecular complexity index is 463. The Labute approximate surface area is 134 Å². The predicted octanol–water partition coefficient (Wildman–Crippen LogP) is 2.33. The average molecular weight is 303 g/mol. The van der Waals surface area contributed by atoms with Crippen molar-refractivity contribution in [2.45, 2.75) is 31.7 Å². The van der Waals surface area contributed by atoms with E-state index in [1.165, 1.54) is 31.4 Å². The van der Waals surface area contributed by atoms with E-state index in [2.05, 4.69) is 28.0 Å². The highest BCUT2D eigenvalue weighted by atomic mass is 16.5.